The molecule has 0 unspecified atom stereocenters. The van der Waals surface area contributed by atoms with Gasteiger partial charge in [-0.3, -0.25) is 9.78 Å². The summed E-state index contributed by atoms with van der Waals surface area (Å²) in [4.78, 5) is 24.9. The Balaban J connectivity index is 1.58. The maximum absolute atomic E-state index is 12.9. The van der Waals surface area contributed by atoms with Gasteiger partial charge >= 0.3 is 0 Å². The van der Waals surface area contributed by atoms with Crippen molar-refractivity contribution in [1.82, 2.24) is 20.3 Å². The maximum atomic E-state index is 12.9. The van der Waals surface area contributed by atoms with Crippen LogP contribution >= 0.6 is 0 Å². The fourth-order valence-electron chi connectivity index (χ4n) is 3.37. The number of H-pyrrole nitrogens is 1. The highest BCUT2D eigenvalue weighted by atomic mass is 16.5. The molecule has 2 heterocycles. The number of fused-ring (bicyclic) bond motifs is 2. The minimum Gasteiger partial charge on any atom is -0.493 e. The molecule has 0 bridgehead atoms. The van der Waals surface area contributed by atoms with Crippen LogP contribution < -0.4 is 20.5 Å². The Morgan fingerprint density at radius 1 is 1.21 bits per heavy atom. The normalized spacial score (nSPS) is 11.0. The molecule has 8 heteroatoms. The molecular weight excluding hydrogens is 370 g/mol. The van der Waals surface area contributed by atoms with E-state index in [-0.39, 0.29) is 11.6 Å². The number of hydrogen-bond acceptors (Lipinski definition) is 6. The summed E-state index contributed by atoms with van der Waals surface area (Å²) in [6.45, 7) is 0.401. The fourth-order valence-corrected chi connectivity index (χ4v) is 3.37. The number of imidazole rings is 1. The zero-order valence-electron chi connectivity index (χ0n) is 16.2. The molecule has 2 aromatic heterocycles. The lowest BCUT2D eigenvalue weighted by Crippen LogP contribution is -2.27. The molecule has 0 aliphatic rings. The van der Waals surface area contributed by atoms with Gasteiger partial charge in [-0.05, 0) is 18.2 Å². The minimum absolute atomic E-state index is 0.231. The van der Waals surface area contributed by atoms with Gasteiger partial charge in [0, 0.05) is 36.3 Å². The van der Waals surface area contributed by atoms with E-state index in [4.69, 9.17) is 15.2 Å². The van der Waals surface area contributed by atoms with E-state index in [9.17, 15) is 4.79 Å². The topological polar surface area (TPSA) is 115 Å². The molecule has 29 heavy (non-hydrogen) atoms. The third-order valence-electron chi connectivity index (χ3n) is 4.72. The van der Waals surface area contributed by atoms with Crippen molar-refractivity contribution in [3.63, 3.8) is 0 Å². The number of nitrogens with zero attached hydrogens (tertiary/aromatic N) is 2. The molecule has 4 N–H and O–H groups in total. The van der Waals surface area contributed by atoms with Crippen molar-refractivity contribution in [1.29, 1.82) is 0 Å². The highest BCUT2D eigenvalue weighted by Gasteiger charge is 2.20. The molecule has 8 nitrogen and oxygen atoms in total. The molecule has 1 amide bonds. The molecule has 0 spiro atoms. The molecule has 0 fully saturated rings. The van der Waals surface area contributed by atoms with E-state index in [0.29, 0.717) is 40.9 Å². The average Bonchev–Trinajstić information content (AvgIpc) is 3.16. The zero-order valence-corrected chi connectivity index (χ0v) is 16.2. The Labute approximate surface area is 167 Å². The zero-order chi connectivity index (χ0) is 20.4. The average molecular weight is 391 g/mol. The van der Waals surface area contributed by atoms with Crippen molar-refractivity contribution in [3.8, 4) is 11.5 Å². The summed E-state index contributed by atoms with van der Waals surface area (Å²) in [5.41, 5.74) is 8.71. The lowest BCUT2D eigenvalue weighted by Gasteiger charge is -2.15. The van der Waals surface area contributed by atoms with Crippen molar-refractivity contribution in [3.05, 3.63) is 54.1 Å². The number of nitrogens with one attached hydrogen (secondary N) is 2. The maximum Gasteiger partial charge on any atom is 0.270 e. The summed E-state index contributed by atoms with van der Waals surface area (Å²) in [5.74, 6) is 1.35. The first kappa shape index (κ1) is 18.5. The number of hydrogen-bond donors (Lipinski definition) is 3. The Morgan fingerprint density at radius 2 is 2.03 bits per heavy atom. The number of nitrogen functional groups attached to an aromatic ring is 1. The van der Waals surface area contributed by atoms with Crippen LogP contribution in [0.25, 0.3) is 21.8 Å². The van der Waals surface area contributed by atoms with Crippen LogP contribution in [0.3, 0.4) is 0 Å². The van der Waals surface area contributed by atoms with Crippen molar-refractivity contribution >= 4 is 33.4 Å². The first-order valence-electron chi connectivity index (χ1n) is 9.13. The molecule has 148 valence electrons. The smallest absolute Gasteiger partial charge is 0.270 e. The number of benzene rings is 2. The molecule has 0 atom stereocenters. The molecule has 4 rings (SSSR count). The van der Waals surface area contributed by atoms with Gasteiger partial charge in [0.2, 0.25) is 0 Å². The van der Waals surface area contributed by atoms with Gasteiger partial charge in [0.05, 0.1) is 30.6 Å². The standard InChI is InChI=1S/C21H21N5O3/c1-28-16-11-13(22)12-7-9-23-19(18(12)20(16)29-2)21(27)24-10-8-17-25-14-5-3-4-6-15(14)26-17/h3-7,9,11H,8,10,22H2,1-2H3,(H,24,27)(H,25,26). The SMILES string of the molecule is COc1cc(N)c2ccnc(C(=O)NCCc3nc4ccccc4[nH]3)c2c1OC. The summed E-state index contributed by atoms with van der Waals surface area (Å²) < 4.78 is 10.8. The lowest BCUT2D eigenvalue weighted by atomic mass is 10.1. The van der Waals surface area contributed by atoms with Gasteiger partial charge in [-0.15, -0.1) is 0 Å². The number of rotatable bonds is 6. The van der Waals surface area contributed by atoms with Crippen LogP contribution in [0.2, 0.25) is 0 Å². The van der Waals surface area contributed by atoms with Crippen LogP contribution in [0.1, 0.15) is 16.3 Å². The van der Waals surface area contributed by atoms with Crippen LogP contribution in [0.15, 0.2) is 42.6 Å². The van der Waals surface area contributed by atoms with E-state index < -0.39 is 0 Å². The van der Waals surface area contributed by atoms with Gasteiger partial charge < -0.3 is 25.5 Å². The van der Waals surface area contributed by atoms with Gasteiger partial charge in [0.1, 0.15) is 11.5 Å². The Kier molecular flexibility index (Phi) is 4.90. The molecule has 4 aromatic rings. The monoisotopic (exact) mass is 391 g/mol. The third kappa shape index (κ3) is 3.40. The minimum atomic E-state index is -0.322. The first-order chi connectivity index (χ1) is 14.1. The quantitative estimate of drug-likeness (QED) is 0.435. The van der Waals surface area contributed by atoms with Crippen LogP contribution in [0.4, 0.5) is 5.69 Å². The van der Waals surface area contributed by atoms with Crippen LogP contribution in [0, 0.1) is 0 Å². The van der Waals surface area contributed by atoms with Crippen molar-refractivity contribution in [2.75, 3.05) is 26.5 Å². The number of nitrogens with two attached hydrogens (primary N) is 1. The molecule has 0 aliphatic heterocycles. The van der Waals surface area contributed by atoms with E-state index in [1.807, 2.05) is 24.3 Å². The van der Waals surface area contributed by atoms with Gasteiger partial charge in [0.15, 0.2) is 11.5 Å². The number of aromatic nitrogens is 3. The number of amides is 1. The third-order valence-corrected chi connectivity index (χ3v) is 4.72. The molecule has 0 saturated carbocycles. The van der Waals surface area contributed by atoms with E-state index in [1.54, 1.807) is 18.3 Å². The second-order valence-electron chi connectivity index (χ2n) is 6.49. The first-order valence-corrected chi connectivity index (χ1v) is 9.13. The van der Waals surface area contributed by atoms with Crippen molar-refractivity contribution in [2.45, 2.75) is 6.42 Å². The number of anilines is 1. The Hall–Kier alpha value is -3.81. The number of pyridine rings is 1. The Bertz CT molecular complexity index is 1170. The van der Waals surface area contributed by atoms with Crippen LogP contribution in [0.5, 0.6) is 11.5 Å². The predicted octanol–water partition coefficient (Wildman–Crippen LogP) is 2.68. The van der Waals surface area contributed by atoms with Crippen molar-refractivity contribution in [2.24, 2.45) is 0 Å². The summed E-state index contributed by atoms with van der Waals surface area (Å²) in [5, 5.41) is 4.10. The summed E-state index contributed by atoms with van der Waals surface area (Å²) in [6.07, 6.45) is 2.12. The van der Waals surface area contributed by atoms with Crippen LogP contribution in [-0.4, -0.2) is 41.6 Å². The Morgan fingerprint density at radius 3 is 2.79 bits per heavy atom. The van der Waals surface area contributed by atoms with Gasteiger partial charge in [-0.2, -0.15) is 0 Å². The molecule has 0 radical (unpaired) electrons. The van der Waals surface area contributed by atoms with Crippen molar-refractivity contribution < 1.29 is 14.3 Å². The summed E-state index contributed by atoms with van der Waals surface area (Å²) in [6, 6.07) is 11.2. The van der Waals surface area contributed by atoms with Gasteiger partial charge in [-0.25, -0.2) is 4.98 Å². The predicted molar refractivity (Wildman–Crippen MR) is 111 cm³/mol. The highest BCUT2D eigenvalue weighted by molar-refractivity contribution is 6.11. The van der Waals surface area contributed by atoms with Gasteiger partial charge in [-0.1, -0.05) is 12.1 Å². The number of aromatic amines is 1. The number of methoxy groups -OCH3 is 2. The highest BCUT2D eigenvalue weighted by Crippen LogP contribution is 2.40. The molecule has 0 saturated heterocycles. The second-order valence-corrected chi connectivity index (χ2v) is 6.49. The number of carbonyl (C=O) groups excluding carboxylic acids is 1. The summed E-state index contributed by atoms with van der Waals surface area (Å²) in [7, 11) is 3.04. The van der Waals surface area contributed by atoms with Crippen LogP contribution in [-0.2, 0) is 6.42 Å². The van der Waals surface area contributed by atoms with E-state index >= 15 is 0 Å². The molecular formula is C21H21N5O3. The lowest BCUT2D eigenvalue weighted by molar-refractivity contribution is 0.0950. The number of para-hydroxylation sites is 2. The van der Waals surface area contributed by atoms with E-state index in [0.717, 1.165) is 16.9 Å². The summed E-state index contributed by atoms with van der Waals surface area (Å²) >= 11 is 0. The van der Waals surface area contributed by atoms with E-state index in [1.165, 1.54) is 14.2 Å². The molecule has 0 aliphatic carbocycles. The van der Waals surface area contributed by atoms with Gasteiger partial charge in [0.25, 0.3) is 5.91 Å². The number of ether oxygens (including phenoxy) is 2. The largest absolute Gasteiger partial charge is 0.493 e. The molecule has 2 aromatic carbocycles. The number of carbonyl (C=O) groups is 1. The van der Waals surface area contributed by atoms with E-state index in [2.05, 4.69) is 20.3 Å². The fraction of sp³-hybridized carbons (Fsp3) is 0.190. The second kappa shape index (κ2) is 7.67.